The average molecular weight is 389 g/mol. The molecule has 0 saturated heterocycles. The second-order valence-corrected chi connectivity index (χ2v) is 7.63. The summed E-state index contributed by atoms with van der Waals surface area (Å²) in [7, 11) is -2.09. The first-order valence-electron chi connectivity index (χ1n) is 6.16. The Hall–Kier alpha value is -0.0800. The van der Waals surface area contributed by atoms with Gasteiger partial charge in [0.1, 0.15) is 10.7 Å². The van der Waals surface area contributed by atoms with Crippen molar-refractivity contribution in [1.82, 2.24) is 4.31 Å². The number of alkyl halides is 1. The number of hydrogen-bond acceptors (Lipinski definition) is 4. The van der Waals surface area contributed by atoms with Crippen molar-refractivity contribution in [3.63, 3.8) is 0 Å². The molecule has 0 spiro atoms. The van der Waals surface area contributed by atoms with Crippen LogP contribution in [0.1, 0.15) is 19.6 Å². The minimum atomic E-state index is -3.63. The molecule has 0 bridgehead atoms. The van der Waals surface area contributed by atoms with Gasteiger partial charge in [-0.05, 0) is 21.8 Å². The van der Waals surface area contributed by atoms with Crippen LogP contribution in [0.25, 0.3) is 0 Å². The number of halogens is 2. The monoisotopic (exact) mass is 387 g/mol. The molecule has 0 aliphatic carbocycles. The molecule has 0 N–H and O–H groups in total. The summed E-state index contributed by atoms with van der Waals surface area (Å²) >= 11 is 8.80. The zero-order chi connectivity index (χ0) is 15.3. The Morgan fingerprint density at radius 3 is 2.60 bits per heavy atom. The maximum atomic E-state index is 12.7. The zero-order valence-electron chi connectivity index (χ0n) is 11.7. The fourth-order valence-electron chi connectivity index (χ4n) is 1.69. The van der Waals surface area contributed by atoms with Gasteiger partial charge in [0.15, 0.2) is 4.67 Å². The largest absolute Gasteiger partial charge is 0.452 e. The van der Waals surface area contributed by atoms with Gasteiger partial charge in [-0.15, -0.1) is 11.6 Å². The topological polar surface area (TPSA) is 59.8 Å². The van der Waals surface area contributed by atoms with Crippen molar-refractivity contribution in [2.24, 2.45) is 5.92 Å². The van der Waals surface area contributed by atoms with E-state index in [1.54, 1.807) is 7.11 Å². The van der Waals surface area contributed by atoms with Crippen molar-refractivity contribution in [3.8, 4) is 0 Å². The lowest BCUT2D eigenvalue weighted by molar-refractivity contribution is 0.175. The minimum Gasteiger partial charge on any atom is -0.452 e. The summed E-state index contributed by atoms with van der Waals surface area (Å²) in [5.74, 6) is 0.740. The fraction of sp³-hybridized carbons (Fsp3) is 0.667. The maximum Gasteiger partial charge on any atom is 0.247 e. The molecular formula is C12H19BrClNO4S. The quantitative estimate of drug-likeness (QED) is 0.642. The van der Waals surface area contributed by atoms with Crippen molar-refractivity contribution >= 4 is 37.6 Å². The van der Waals surface area contributed by atoms with Crippen LogP contribution in [0.2, 0.25) is 0 Å². The molecule has 0 aliphatic heterocycles. The zero-order valence-corrected chi connectivity index (χ0v) is 14.9. The summed E-state index contributed by atoms with van der Waals surface area (Å²) in [6, 6.07) is 1.45. The molecule has 0 radical (unpaired) electrons. The van der Waals surface area contributed by atoms with Crippen LogP contribution >= 0.6 is 27.5 Å². The highest BCUT2D eigenvalue weighted by atomic mass is 79.9. The van der Waals surface area contributed by atoms with Crippen LogP contribution in [0.5, 0.6) is 0 Å². The Balaban J connectivity index is 3.10. The molecule has 1 aromatic rings. The minimum absolute atomic E-state index is 0.102. The first-order chi connectivity index (χ1) is 9.32. The third-order valence-electron chi connectivity index (χ3n) is 2.57. The third-order valence-corrected chi connectivity index (χ3v) is 5.56. The predicted octanol–water partition coefficient (Wildman–Crippen LogP) is 3.07. The van der Waals surface area contributed by atoms with E-state index in [0.717, 1.165) is 0 Å². The van der Waals surface area contributed by atoms with Crippen LogP contribution in [0.15, 0.2) is 20.0 Å². The molecule has 8 heteroatoms. The Bertz CT molecular complexity index is 530. The molecular weight excluding hydrogens is 370 g/mol. The molecule has 0 aliphatic rings. The van der Waals surface area contributed by atoms with Gasteiger partial charge in [-0.25, -0.2) is 8.42 Å². The van der Waals surface area contributed by atoms with Crippen molar-refractivity contribution in [1.29, 1.82) is 0 Å². The number of methoxy groups -OCH3 is 1. The standard InChI is InChI=1S/C12H19BrClNO4S/c1-9(2)8-15(4-5-18-3)20(16,17)11-6-10(7-14)19-12(11)13/h6,9H,4-5,7-8H2,1-3H3. The van der Waals surface area contributed by atoms with Crippen LogP contribution in [0.3, 0.4) is 0 Å². The maximum absolute atomic E-state index is 12.7. The Morgan fingerprint density at radius 1 is 1.50 bits per heavy atom. The first-order valence-corrected chi connectivity index (χ1v) is 8.93. The van der Waals surface area contributed by atoms with Crippen molar-refractivity contribution in [2.45, 2.75) is 24.6 Å². The smallest absolute Gasteiger partial charge is 0.247 e. The molecule has 0 unspecified atom stereocenters. The van der Waals surface area contributed by atoms with Gasteiger partial charge in [-0.1, -0.05) is 13.8 Å². The molecule has 1 rings (SSSR count). The highest BCUT2D eigenvalue weighted by molar-refractivity contribution is 9.10. The third kappa shape index (κ3) is 4.46. The summed E-state index contributed by atoms with van der Waals surface area (Å²) in [4.78, 5) is 0.102. The number of hydrogen-bond donors (Lipinski definition) is 0. The lowest BCUT2D eigenvalue weighted by Crippen LogP contribution is -2.36. The highest BCUT2D eigenvalue weighted by Gasteiger charge is 2.29. The van der Waals surface area contributed by atoms with E-state index in [2.05, 4.69) is 15.9 Å². The van der Waals surface area contributed by atoms with Gasteiger partial charge >= 0.3 is 0 Å². The van der Waals surface area contributed by atoms with Gasteiger partial charge in [-0.3, -0.25) is 0 Å². The fourth-order valence-corrected chi connectivity index (χ4v) is 4.37. The second kappa shape index (κ2) is 7.79. The van der Waals surface area contributed by atoms with E-state index >= 15 is 0 Å². The predicted molar refractivity (Wildman–Crippen MR) is 81.4 cm³/mol. The van der Waals surface area contributed by atoms with Crippen molar-refractivity contribution in [3.05, 3.63) is 16.5 Å². The molecule has 5 nitrogen and oxygen atoms in total. The lowest BCUT2D eigenvalue weighted by atomic mass is 10.2. The summed E-state index contributed by atoms with van der Waals surface area (Å²) in [6.45, 7) is 4.97. The van der Waals surface area contributed by atoms with E-state index in [4.69, 9.17) is 20.8 Å². The van der Waals surface area contributed by atoms with Gasteiger partial charge < -0.3 is 9.15 Å². The van der Waals surface area contributed by atoms with Gasteiger partial charge in [0.25, 0.3) is 0 Å². The molecule has 20 heavy (non-hydrogen) atoms. The van der Waals surface area contributed by atoms with E-state index in [1.165, 1.54) is 10.4 Å². The normalized spacial score (nSPS) is 12.6. The van der Waals surface area contributed by atoms with Gasteiger partial charge in [0.2, 0.25) is 10.0 Å². The number of furan rings is 1. The van der Waals surface area contributed by atoms with E-state index in [9.17, 15) is 8.42 Å². The van der Waals surface area contributed by atoms with E-state index in [-0.39, 0.29) is 21.4 Å². The molecule has 1 aromatic heterocycles. The Kier molecular flexibility index (Phi) is 7.00. The summed E-state index contributed by atoms with van der Waals surface area (Å²) in [6.07, 6.45) is 0. The molecule has 0 amide bonds. The first kappa shape index (κ1) is 18.0. The Labute approximate surface area is 133 Å². The van der Waals surface area contributed by atoms with Crippen LogP contribution in [-0.2, 0) is 20.6 Å². The summed E-state index contributed by atoms with van der Waals surface area (Å²) in [5.41, 5.74) is 0. The number of rotatable bonds is 8. The Morgan fingerprint density at radius 2 is 2.15 bits per heavy atom. The van der Waals surface area contributed by atoms with Gasteiger partial charge in [0, 0.05) is 26.3 Å². The van der Waals surface area contributed by atoms with Crippen LogP contribution < -0.4 is 0 Å². The molecule has 1 heterocycles. The van der Waals surface area contributed by atoms with E-state index in [0.29, 0.717) is 25.5 Å². The SMILES string of the molecule is COCCN(CC(C)C)S(=O)(=O)c1cc(CCl)oc1Br. The molecule has 0 atom stereocenters. The number of nitrogens with zero attached hydrogens (tertiary/aromatic N) is 1. The average Bonchev–Trinajstić information content (AvgIpc) is 2.76. The molecule has 0 aromatic carbocycles. The molecule has 0 saturated carbocycles. The molecule has 0 fully saturated rings. The lowest BCUT2D eigenvalue weighted by Gasteiger charge is -2.23. The van der Waals surface area contributed by atoms with Gasteiger partial charge in [-0.2, -0.15) is 4.31 Å². The van der Waals surface area contributed by atoms with Crippen molar-refractivity contribution in [2.75, 3.05) is 26.8 Å². The highest BCUT2D eigenvalue weighted by Crippen LogP contribution is 2.29. The van der Waals surface area contributed by atoms with E-state index in [1.807, 2.05) is 13.8 Å². The number of ether oxygens (including phenoxy) is 1. The summed E-state index contributed by atoms with van der Waals surface area (Å²) in [5, 5.41) is 0. The summed E-state index contributed by atoms with van der Waals surface area (Å²) < 4.78 is 37.1. The second-order valence-electron chi connectivity index (χ2n) is 4.73. The van der Waals surface area contributed by atoms with Crippen molar-refractivity contribution < 1.29 is 17.6 Å². The number of sulfonamides is 1. The molecule has 116 valence electrons. The van der Waals surface area contributed by atoms with Crippen LogP contribution in [0.4, 0.5) is 0 Å². The van der Waals surface area contributed by atoms with Gasteiger partial charge in [0.05, 0.1) is 12.5 Å². The van der Waals surface area contributed by atoms with Crippen LogP contribution in [0, 0.1) is 5.92 Å². The van der Waals surface area contributed by atoms with Crippen LogP contribution in [-0.4, -0.2) is 39.5 Å². The van der Waals surface area contributed by atoms with E-state index < -0.39 is 10.0 Å².